The van der Waals surface area contributed by atoms with E-state index in [9.17, 15) is 4.79 Å². The average molecular weight is 530 g/mol. The van der Waals surface area contributed by atoms with Gasteiger partial charge in [0.05, 0.1) is 5.69 Å². The molecule has 0 saturated carbocycles. The van der Waals surface area contributed by atoms with E-state index in [0.29, 0.717) is 23.6 Å². The first-order valence-electron chi connectivity index (χ1n) is 13.4. The molecule has 4 rings (SSSR count). The Morgan fingerprint density at radius 3 is 2.46 bits per heavy atom. The molecule has 0 aliphatic carbocycles. The number of nitrogens with two attached hydrogens (primary N) is 1. The van der Waals surface area contributed by atoms with Crippen LogP contribution >= 0.6 is 0 Å². The van der Waals surface area contributed by atoms with Crippen LogP contribution in [-0.2, 0) is 6.61 Å². The quantitative estimate of drug-likeness (QED) is 0.241. The predicted molar refractivity (Wildman–Crippen MR) is 157 cm³/mol. The summed E-state index contributed by atoms with van der Waals surface area (Å²) in [7, 11) is 2.13. The number of hydrogen-bond donors (Lipinski definition) is 3. The molecule has 3 aromatic rings. The number of nitrogens with one attached hydrogen (secondary N) is 2. The van der Waals surface area contributed by atoms with E-state index in [4.69, 9.17) is 20.6 Å². The van der Waals surface area contributed by atoms with Gasteiger partial charge >= 0.3 is 6.03 Å². The fraction of sp³-hybridized carbons (Fsp3) is 0.355. The maximum Gasteiger partial charge on any atom is 0.326 e. The number of rotatable bonds is 9. The minimum Gasteiger partial charge on any atom is -0.490 e. The number of aryl methyl sites for hydroxylation is 1. The molecule has 39 heavy (non-hydrogen) atoms. The van der Waals surface area contributed by atoms with Crippen LogP contribution in [0.15, 0.2) is 66.7 Å². The van der Waals surface area contributed by atoms with Gasteiger partial charge in [0.25, 0.3) is 0 Å². The minimum atomic E-state index is -0.303. The van der Waals surface area contributed by atoms with Gasteiger partial charge in [-0.15, -0.1) is 0 Å². The number of carbonyl (C=O) groups is 1. The Hall–Kier alpha value is -4.04. The number of piperidine rings is 1. The van der Waals surface area contributed by atoms with Gasteiger partial charge < -0.3 is 25.4 Å². The first-order chi connectivity index (χ1) is 18.7. The molecule has 1 aliphatic heterocycles. The Morgan fingerprint density at radius 2 is 1.82 bits per heavy atom. The molecular weight excluding hydrogens is 490 g/mol. The molecule has 0 atom stereocenters. The maximum absolute atomic E-state index is 13.7. The molecule has 3 aromatic carbocycles. The number of amidine groups is 1. The summed E-state index contributed by atoms with van der Waals surface area (Å²) >= 11 is 0. The molecule has 4 N–H and O–H groups in total. The van der Waals surface area contributed by atoms with Crippen LogP contribution in [0.25, 0.3) is 0 Å². The molecule has 2 amide bonds. The van der Waals surface area contributed by atoms with E-state index in [-0.39, 0.29) is 24.0 Å². The molecule has 0 aromatic heterocycles. The second-order valence-electron chi connectivity index (χ2n) is 10.4. The van der Waals surface area contributed by atoms with E-state index < -0.39 is 0 Å². The highest BCUT2D eigenvalue weighted by molar-refractivity contribution is 6.04. The van der Waals surface area contributed by atoms with Crippen molar-refractivity contribution in [3.63, 3.8) is 0 Å². The molecule has 1 saturated heterocycles. The summed E-state index contributed by atoms with van der Waals surface area (Å²) in [5.74, 6) is 1.23. The molecule has 0 bridgehead atoms. The summed E-state index contributed by atoms with van der Waals surface area (Å²) in [6, 6.07) is 20.4. The van der Waals surface area contributed by atoms with Crippen molar-refractivity contribution in [2.75, 3.05) is 30.4 Å². The van der Waals surface area contributed by atoms with Gasteiger partial charge in [-0.2, -0.15) is 0 Å². The van der Waals surface area contributed by atoms with Crippen molar-refractivity contribution in [2.24, 2.45) is 5.73 Å². The summed E-state index contributed by atoms with van der Waals surface area (Å²) in [5.41, 5.74) is 9.45. The van der Waals surface area contributed by atoms with Crippen molar-refractivity contribution in [3.8, 4) is 11.5 Å². The summed E-state index contributed by atoms with van der Waals surface area (Å²) in [6.07, 6.45) is 2.22. The molecule has 0 unspecified atom stereocenters. The van der Waals surface area contributed by atoms with Gasteiger partial charge in [0.2, 0.25) is 0 Å². The lowest BCUT2D eigenvalue weighted by atomic mass is 10.1. The predicted octanol–water partition coefficient (Wildman–Crippen LogP) is 5.78. The highest BCUT2D eigenvalue weighted by Crippen LogP contribution is 2.31. The topological polar surface area (TPSA) is 104 Å². The van der Waals surface area contributed by atoms with Gasteiger partial charge in [-0.3, -0.25) is 10.3 Å². The van der Waals surface area contributed by atoms with Gasteiger partial charge in [0, 0.05) is 30.4 Å². The number of nitrogen functional groups attached to an aromatic ring is 1. The number of likely N-dealkylation sites (tertiary alicyclic amines) is 1. The molecule has 206 valence electrons. The molecule has 1 aliphatic rings. The van der Waals surface area contributed by atoms with Crippen LogP contribution in [0.2, 0.25) is 0 Å². The second kappa shape index (κ2) is 12.7. The largest absolute Gasteiger partial charge is 0.490 e. The van der Waals surface area contributed by atoms with Crippen LogP contribution in [-0.4, -0.2) is 49.0 Å². The van der Waals surface area contributed by atoms with E-state index in [1.807, 2.05) is 69.3 Å². The normalized spacial score (nSPS) is 14.2. The van der Waals surface area contributed by atoms with Crippen LogP contribution in [0.3, 0.4) is 0 Å². The number of benzene rings is 3. The Kier molecular flexibility index (Phi) is 9.09. The van der Waals surface area contributed by atoms with Crippen LogP contribution in [0.5, 0.6) is 11.5 Å². The van der Waals surface area contributed by atoms with Crippen molar-refractivity contribution in [1.82, 2.24) is 4.90 Å². The first kappa shape index (κ1) is 28.0. The SMILES string of the molecule is Cc1cc(OC2CCN(C)CC2)ccc1N(C(=O)Nc1cc(C(=N)N)ccc1OCc1ccccc1)C(C)C. The van der Waals surface area contributed by atoms with Crippen LogP contribution in [0, 0.1) is 12.3 Å². The lowest BCUT2D eigenvalue weighted by molar-refractivity contribution is 0.114. The molecule has 1 fully saturated rings. The summed E-state index contributed by atoms with van der Waals surface area (Å²) in [5, 5.41) is 10.9. The highest BCUT2D eigenvalue weighted by Gasteiger charge is 2.24. The van der Waals surface area contributed by atoms with Gasteiger partial charge in [0.15, 0.2) is 0 Å². The summed E-state index contributed by atoms with van der Waals surface area (Å²) in [6.45, 7) is 8.34. The number of urea groups is 1. The third-order valence-corrected chi connectivity index (χ3v) is 6.90. The summed E-state index contributed by atoms with van der Waals surface area (Å²) < 4.78 is 12.3. The lowest BCUT2D eigenvalue weighted by Gasteiger charge is -2.31. The third kappa shape index (κ3) is 7.29. The summed E-state index contributed by atoms with van der Waals surface area (Å²) in [4.78, 5) is 17.7. The number of hydrogen-bond acceptors (Lipinski definition) is 5. The fourth-order valence-corrected chi connectivity index (χ4v) is 4.72. The Bertz CT molecular complexity index is 1290. The Labute approximate surface area is 231 Å². The van der Waals surface area contributed by atoms with Crippen molar-refractivity contribution in [1.29, 1.82) is 5.41 Å². The zero-order chi connectivity index (χ0) is 27.9. The Morgan fingerprint density at radius 1 is 1.10 bits per heavy atom. The van der Waals surface area contributed by atoms with E-state index in [1.165, 1.54) is 0 Å². The minimum absolute atomic E-state index is 0.0862. The van der Waals surface area contributed by atoms with E-state index >= 15 is 0 Å². The number of amides is 2. The van der Waals surface area contributed by atoms with Crippen molar-refractivity contribution >= 4 is 23.2 Å². The molecular formula is C31H39N5O3. The second-order valence-corrected chi connectivity index (χ2v) is 10.4. The van der Waals surface area contributed by atoms with Crippen LogP contribution in [0.4, 0.5) is 16.2 Å². The number of anilines is 2. The van der Waals surface area contributed by atoms with Gasteiger partial charge in [-0.05, 0) is 88.2 Å². The molecule has 0 spiro atoms. The van der Waals surface area contributed by atoms with E-state index in [0.717, 1.165) is 48.5 Å². The monoisotopic (exact) mass is 529 g/mol. The molecule has 0 radical (unpaired) electrons. The smallest absolute Gasteiger partial charge is 0.326 e. The van der Waals surface area contributed by atoms with Crippen molar-refractivity contribution in [2.45, 2.75) is 52.4 Å². The fourth-order valence-electron chi connectivity index (χ4n) is 4.72. The Balaban J connectivity index is 1.53. The zero-order valence-electron chi connectivity index (χ0n) is 23.2. The highest BCUT2D eigenvalue weighted by atomic mass is 16.5. The number of carbonyl (C=O) groups excluding carboxylic acids is 1. The lowest BCUT2D eigenvalue weighted by Crippen LogP contribution is -2.40. The van der Waals surface area contributed by atoms with Crippen LogP contribution in [0.1, 0.15) is 43.4 Å². The molecule has 8 nitrogen and oxygen atoms in total. The van der Waals surface area contributed by atoms with Crippen LogP contribution < -0.4 is 25.4 Å². The first-order valence-corrected chi connectivity index (χ1v) is 13.4. The number of nitrogens with zero attached hydrogens (tertiary/aromatic N) is 2. The van der Waals surface area contributed by atoms with Crippen molar-refractivity contribution < 1.29 is 14.3 Å². The maximum atomic E-state index is 13.7. The molecule has 8 heteroatoms. The number of ether oxygens (including phenoxy) is 2. The van der Waals surface area contributed by atoms with Crippen molar-refractivity contribution in [3.05, 3.63) is 83.4 Å². The zero-order valence-corrected chi connectivity index (χ0v) is 23.2. The average Bonchev–Trinajstić information content (AvgIpc) is 2.91. The third-order valence-electron chi connectivity index (χ3n) is 6.90. The van der Waals surface area contributed by atoms with Gasteiger partial charge in [-0.1, -0.05) is 30.3 Å². The van der Waals surface area contributed by atoms with Gasteiger partial charge in [0.1, 0.15) is 30.0 Å². The van der Waals surface area contributed by atoms with E-state index in [1.54, 1.807) is 23.1 Å². The van der Waals surface area contributed by atoms with E-state index in [2.05, 4.69) is 17.3 Å². The molecule has 1 heterocycles. The van der Waals surface area contributed by atoms with Gasteiger partial charge in [-0.25, -0.2) is 4.79 Å². The standard InChI is InChI=1S/C31H39N5O3/c1-21(2)36(28-12-11-26(18-22(28)3)39-25-14-16-35(4)17-15-25)31(37)34-27-19-24(30(32)33)10-13-29(27)38-20-23-8-6-5-7-9-23/h5-13,18-19,21,25H,14-17,20H2,1-4H3,(H3,32,33)(H,34,37).